The Labute approximate surface area is 344 Å². The molecule has 4 heterocycles. The third-order valence-corrected chi connectivity index (χ3v) is 10.8. The molecule has 2 fully saturated rings. The molecular weight excluding hydrogens is 761 g/mol. The van der Waals surface area contributed by atoms with Crippen LogP contribution in [0.5, 0.6) is 23.0 Å². The predicted octanol–water partition coefficient (Wildman–Crippen LogP) is 1.04. The van der Waals surface area contributed by atoms with Crippen molar-refractivity contribution in [3.63, 3.8) is 0 Å². The Morgan fingerprint density at radius 1 is 0.780 bits per heavy atom. The van der Waals surface area contributed by atoms with Gasteiger partial charge in [-0.2, -0.15) is 0 Å². The molecule has 4 aliphatic heterocycles. The minimum atomic E-state index is -1.39. The zero-order valence-corrected chi connectivity index (χ0v) is 33.8. The van der Waals surface area contributed by atoms with Gasteiger partial charge in [-0.3, -0.25) is 29.0 Å². The fourth-order valence-corrected chi connectivity index (χ4v) is 7.32. The quantitative estimate of drug-likeness (QED) is 0.183. The van der Waals surface area contributed by atoms with Crippen molar-refractivity contribution in [3.8, 4) is 23.0 Å². The van der Waals surface area contributed by atoms with Crippen LogP contribution in [0.2, 0.25) is 0 Å². The van der Waals surface area contributed by atoms with Crippen molar-refractivity contribution in [2.75, 3.05) is 79.4 Å². The van der Waals surface area contributed by atoms with E-state index in [2.05, 4.69) is 31.1 Å². The average molecular weight is 817 g/mol. The zero-order valence-electron chi connectivity index (χ0n) is 33.8. The van der Waals surface area contributed by atoms with Crippen molar-refractivity contribution in [2.24, 2.45) is 0 Å². The van der Waals surface area contributed by atoms with E-state index >= 15 is 0 Å². The predicted molar refractivity (Wildman–Crippen MR) is 217 cm³/mol. The van der Waals surface area contributed by atoms with Crippen molar-refractivity contribution in [2.45, 2.75) is 56.5 Å². The van der Waals surface area contributed by atoms with E-state index in [-0.39, 0.29) is 32.4 Å². The van der Waals surface area contributed by atoms with E-state index in [9.17, 15) is 24.3 Å². The van der Waals surface area contributed by atoms with Crippen LogP contribution in [0.15, 0.2) is 72.8 Å². The smallest absolute Gasteiger partial charge is 0.264 e. The molecular formula is C43H56N6O10. The Balaban J connectivity index is 1.23. The lowest BCUT2D eigenvalue weighted by molar-refractivity contribution is -0.144. The molecule has 0 unspecified atom stereocenters. The van der Waals surface area contributed by atoms with E-state index in [0.717, 1.165) is 30.8 Å². The van der Waals surface area contributed by atoms with Crippen LogP contribution in [0.1, 0.15) is 30.9 Å². The van der Waals surface area contributed by atoms with Crippen LogP contribution in [0.4, 0.5) is 0 Å². The van der Waals surface area contributed by atoms with E-state index in [1.165, 1.54) is 6.92 Å². The summed E-state index contributed by atoms with van der Waals surface area (Å²) in [7, 11) is 1.62. The van der Waals surface area contributed by atoms with Gasteiger partial charge >= 0.3 is 0 Å². The van der Waals surface area contributed by atoms with Gasteiger partial charge in [0.25, 0.3) is 5.91 Å². The summed E-state index contributed by atoms with van der Waals surface area (Å²) < 4.78 is 30.0. The molecule has 2 bridgehead atoms. The first-order chi connectivity index (χ1) is 28.7. The molecule has 1 spiro atoms. The molecule has 3 aromatic rings. The highest BCUT2D eigenvalue weighted by molar-refractivity contribution is 5.95. The van der Waals surface area contributed by atoms with Gasteiger partial charge in [-0.05, 0) is 42.8 Å². The number of aliphatic hydroxyl groups is 1. The number of fused-ring (bicyclic) bond motifs is 15. The summed E-state index contributed by atoms with van der Waals surface area (Å²) in [5, 5.41) is 21.0. The van der Waals surface area contributed by atoms with Crippen LogP contribution in [-0.2, 0) is 36.9 Å². The van der Waals surface area contributed by atoms with Crippen LogP contribution in [-0.4, -0.2) is 142 Å². The Kier molecular flexibility index (Phi) is 15.4. The van der Waals surface area contributed by atoms with Gasteiger partial charge in [-0.25, -0.2) is 0 Å². The van der Waals surface area contributed by atoms with Gasteiger partial charge in [0.1, 0.15) is 42.8 Å². The van der Waals surface area contributed by atoms with Crippen LogP contribution < -0.4 is 40.2 Å². The molecule has 4 aliphatic rings. The zero-order chi connectivity index (χ0) is 41.6. The highest BCUT2D eigenvalue weighted by Crippen LogP contribution is 2.35. The number of amides is 4. The number of hydrogen-bond donors (Lipinski definition) is 5. The van der Waals surface area contributed by atoms with E-state index < -0.39 is 54.0 Å². The van der Waals surface area contributed by atoms with Gasteiger partial charge in [0, 0.05) is 64.1 Å². The number of morpholine rings is 1. The normalized spacial score (nSPS) is 22.5. The Morgan fingerprint density at radius 2 is 1.49 bits per heavy atom. The first-order valence-electron chi connectivity index (χ1n) is 20.2. The SMILES string of the molecule is COc1cccc(CN2CCC3(CC2)Oc2ccc(cc2)OCCNC(=O)[C@H](C)NC(=O)[C@H](CO)NC(=O)[C@@H](Cc2ccccc2)NC3=O)c1OCCN1CCOCC1. The summed E-state index contributed by atoms with van der Waals surface area (Å²) in [6.45, 7) is 6.98. The maximum atomic E-state index is 14.7. The third-order valence-electron chi connectivity index (χ3n) is 10.8. The van der Waals surface area contributed by atoms with Gasteiger partial charge in [0.2, 0.25) is 17.7 Å². The third kappa shape index (κ3) is 11.8. The number of hydrogen-bond acceptors (Lipinski definition) is 12. The lowest BCUT2D eigenvalue weighted by Crippen LogP contribution is -2.62. The van der Waals surface area contributed by atoms with Crippen molar-refractivity contribution in [3.05, 3.63) is 83.9 Å². The molecule has 318 valence electrons. The fourth-order valence-electron chi connectivity index (χ4n) is 7.32. The number of carbonyl (C=O) groups is 4. The molecule has 3 aromatic carbocycles. The number of aliphatic hydroxyl groups excluding tert-OH is 1. The van der Waals surface area contributed by atoms with Gasteiger partial charge in [-0.1, -0.05) is 42.5 Å². The lowest BCUT2D eigenvalue weighted by Gasteiger charge is -2.41. The van der Waals surface area contributed by atoms with Crippen LogP contribution >= 0.6 is 0 Å². The van der Waals surface area contributed by atoms with Gasteiger partial charge in [-0.15, -0.1) is 0 Å². The molecule has 2 saturated heterocycles. The van der Waals surface area contributed by atoms with Crippen molar-refractivity contribution >= 4 is 23.6 Å². The van der Waals surface area contributed by atoms with Gasteiger partial charge < -0.3 is 50.1 Å². The van der Waals surface area contributed by atoms with E-state index in [1.807, 2.05) is 48.5 Å². The molecule has 5 N–H and O–H groups in total. The number of carbonyl (C=O) groups excluding carboxylic acids is 4. The minimum Gasteiger partial charge on any atom is -0.493 e. The van der Waals surface area contributed by atoms with Crippen molar-refractivity contribution in [1.29, 1.82) is 0 Å². The summed E-state index contributed by atoms with van der Waals surface area (Å²) >= 11 is 0. The molecule has 7 rings (SSSR count). The van der Waals surface area contributed by atoms with Crippen LogP contribution in [0.3, 0.4) is 0 Å². The first-order valence-corrected chi connectivity index (χ1v) is 20.2. The maximum absolute atomic E-state index is 14.7. The Morgan fingerprint density at radius 3 is 2.20 bits per heavy atom. The van der Waals surface area contributed by atoms with Crippen LogP contribution in [0.25, 0.3) is 0 Å². The van der Waals surface area contributed by atoms with E-state index in [0.29, 0.717) is 62.5 Å². The number of rotatable bonds is 10. The second kappa shape index (κ2) is 21.0. The molecule has 0 radical (unpaired) electrons. The Hall–Kier alpha value is -5.42. The molecule has 59 heavy (non-hydrogen) atoms. The molecule has 0 aromatic heterocycles. The molecule has 3 atom stereocenters. The summed E-state index contributed by atoms with van der Waals surface area (Å²) in [4.78, 5) is 59.1. The lowest BCUT2D eigenvalue weighted by atomic mass is 9.88. The highest BCUT2D eigenvalue weighted by atomic mass is 16.5. The van der Waals surface area contributed by atoms with E-state index in [4.69, 9.17) is 23.7 Å². The monoisotopic (exact) mass is 816 g/mol. The molecule has 16 heteroatoms. The topological polar surface area (TPSA) is 189 Å². The molecule has 0 saturated carbocycles. The molecule has 16 nitrogen and oxygen atoms in total. The van der Waals surface area contributed by atoms with Crippen molar-refractivity contribution in [1.82, 2.24) is 31.1 Å². The summed E-state index contributed by atoms with van der Waals surface area (Å²) in [5.74, 6) is -0.111. The van der Waals surface area contributed by atoms with Gasteiger partial charge in [0.05, 0.1) is 33.5 Å². The van der Waals surface area contributed by atoms with E-state index in [1.54, 1.807) is 31.4 Å². The van der Waals surface area contributed by atoms with Gasteiger partial charge in [0.15, 0.2) is 17.1 Å². The maximum Gasteiger partial charge on any atom is 0.264 e. The second-order valence-electron chi connectivity index (χ2n) is 14.9. The standard InChI is InChI=1S/C43H56N6O10/c1-30-39(51)44-17-23-57-33-11-13-34(14-12-33)59-43(42(54)47-35(27-31-7-4-3-5-8-31)40(52)46-36(29-50)41(53)45-30)15-18-49(19-16-43)28-32-9-6-10-37(55-2)38(32)58-26-22-48-20-24-56-25-21-48/h3-14,30,35-36,50H,15-29H2,1-2H3,(H,44,51)(H,45,53)(H,46,52)(H,47,54)/t30-,35+,36-/m0/s1. The molecule has 0 aliphatic carbocycles. The first kappa shape index (κ1) is 43.2. The molecule has 4 amide bonds. The number of nitrogens with one attached hydrogen (secondary N) is 4. The van der Waals surface area contributed by atoms with Crippen LogP contribution in [0, 0.1) is 0 Å². The number of piperidine rings is 1. The minimum absolute atomic E-state index is 0.0926. The summed E-state index contributed by atoms with van der Waals surface area (Å²) in [6.07, 6.45) is 0.663. The number of methoxy groups -OCH3 is 1. The number of likely N-dealkylation sites (tertiary alicyclic amines) is 1. The largest absolute Gasteiger partial charge is 0.493 e. The summed E-state index contributed by atoms with van der Waals surface area (Å²) in [6, 6.07) is 18.4. The summed E-state index contributed by atoms with van der Waals surface area (Å²) in [5.41, 5.74) is 0.337. The Bertz CT molecular complexity index is 1850. The average Bonchev–Trinajstić information content (AvgIpc) is 3.25. The fraction of sp³-hybridized carbons (Fsp3) is 0.488. The number of nitrogens with zero attached hydrogens (tertiary/aromatic N) is 2. The second-order valence-corrected chi connectivity index (χ2v) is 14.9. The highest BCUT2D eigenvalue weighted by Gasteiger charge is 2.45. The number of ether oxygens (including phenoxy) is 5. The number of benzene rings is 3. The van der Waals surface area contributed by atoms with Crippen molar-refractivity contribution < 1.29 is 48.0 Å². The number of para-hydroxylation sites is 1.